The molecule has 102 valence electrons. The van der Waals surface area contributed by atoms with E-state index in [2.05, 4.69) is 24.7 Å². The van der Waals surface area contributed by atoms with Gasteiger partial charge in [0.2, 0.25) is 0 Å². The number of carbonyl (C=O) groups is 1. The molecule has 2 N–H and O–H groups in total. The van der Waals surface area contributed by atoms with E-state index < -0.39 is 0 Å². The summed E-state index contributed by atoms with van der Waals surface area (Å²) < 4.78 is 0. The first-order chi connectivity index (χ1) is 9.55. The number of hydrogen-bond donors (Lipinski definition) is 2. The van der Waals surface area contributed by atoms with E-state index in [1.807, 2.05) is 18.2 Å². The van der Waals surface area contributed by atoms with Crippen LogP contribution in [-0.2, 0) is 12.8 Å². The number of nitrogens with zero attached hydrogens (tertiary/aromatic N) is 1. The van der Waals surface area contributed by atoms with E-state index in [1.54, 1.807) is 0 Å². The van der Waals surface area contributed by atoms with Crippen LogP contribution >= 0.6 is 0 Å². The second-order valence-electron chi connectivity index (χ2n) is 6.53. The number of carbonyl (C=O) groups excluding carboxylic acids is 1. The molecule has 0 atom stereocenters. The van der Waals surface area contributed by atoms with Gasteiger partial charge >= 0.3 is 0 Å². The largest absolute Gasteiger partial charge is 0.297 e. The van der Waals surface area contributed by atoms with E-state index in [9.17, 15) is 4.79 Å². The second kappa shape index (κ2) is 3.72. The Morgan fingerprint density at radius 1 is 1.25 bits per heavy atom. The molecule has 4 heteroatoms. The third-order valence-electron chi connectivity index (χ3n) is 4.44. The number of pyridine rings is 1. The Bertz CT molecular complexity index is 749. The predicted molar refractivity (Wildman–Crippen MR) is 78.6 cm³/mol. The minimum Gasteiger partial charge on any atom is -0.297 e. The third-order valence-corrected chi connectivity index (χ3v) is 4.44. The summed E-state index contributed by atoms with van der Waals surface area (Å²) in [6, 6.07) is 5.76. The fourth-order valence-corrected chi connectivity index (χ4v) is 3.34. The molecule has 0 spiro atoms. The van der Waals surface area contributed by atoms with E-state index in [-0.39, 0.29) is 11.3 Å². The lowest BCUT2D eigenvalue weighted by Crippen LogP contribution is -2.35. The van der Waals surface area contributed by atoms with Gasteiger partial charge in [-0.3, -0.25) is 20.6 Å². The summed E-state index contributed by atoms with van der Waals surface area (Å²) in [6.07, 6.45) is 3.16. The average Bonchev–Trinajstić information content (AvgIpc) is 2.42. The number of nitrogens with one attached hydrogen (secondary N) is 2. The zero-order valence-corrected chi connectivity index (χ0v) is 11.7. The molecule has 1 aliphatic carbocycles. The molecule has 0 saturated heterocycles. The molecule has 0 bridgehead atoms. The van der Waals surface area contributed by atoms with Crippen LogP contribution in [-0.4, -0.2) is 10.9 Å². The highest BCUT2D eigenvalue weighted by Crippen LogP contribution is 2.41. The standard InChI is InChI=1S/C16H17N3O/c1-16(2)7-6-11-10(8-16)14-13-9(15(20)19-18-14)4-3-5-12(13)17-11/h3-5,18H,6-8H2,1-2H3,(H,19,20). The van der Waals surface area contributed by atoms with Gasteiger partial charge in [-0.05, 0) is 42.4 Å². The number of benzene rings is 1. The molecule has 2 aromatic rings. The molecule has 0 fully saturated rings. The first kappa shape index (κ1) is 11.7. The van der Waals surface area contributed by atoms with Gasteiger partial charge in [-0.15, -0.1) is 0 Å². The maximum atomic E-state index is 12.0. The van der Waals surface area contributed by atoms with Crippen molar-refractivity contribution in [1.29, 1.82) is 0 Å². The van der Waals surface area contributed by atoms with Crippen molar-refractivity contribution in [2.45, 2.75) is 33.1 Å². The number of hydrogen-bond acceptors (Lipinski definition) is 3. The van der Waals surface area contributed by atoms with Crippen LogP contribution in [0, 0.1) is 5.41 Å². The Kier molecular flexibility index (Phi) is 2.18. The van der Waals surface area contributed by atoms with Crippen molar-refractivity contribution in [3.63, 3.8) is 0 Å². The number of anilines is 1. The van der Waals surface area contributed by atoms with Crippen LogP contribution in [0.2, 0.25) is 0 Å². The van der Waals surface area contributed by atoms with Crippen molar-refractivity contribution in [3.8, 4) is 0 Å². The summed E-state index contributed by atoms with van der Waals surface area (Å²) in [5.41, 5.74) is 11.3. The highest BCUT2D eigenvalue weighted by molar-refractivity contribution is 6.14. The van der Waals surface area contributed by atoms with Gasteiger partial charge in [-0.1, -0.05) is 19.9 Å². The number of aryl methyl sites for hydroxylation is 1. The molecule has 0 saturated carbocycles. The first-order valence-electron chi connectivity index (χ1n) is 7.06. The van der Waals surface area contributed by atoms with E-state index in [1.165, 1.54) is 11.3 Å². The van der Waals surface area contributed by atoms with Gasteiger partial charge < -0.3 is 0 Å². The van der Waals surface area contributed by atoms with Crippen molar-refractivity contribution < 1.29 is 4.79 Å². The lowest BCUT2D eigenvalue weighted by molar-refractivity contribution is 0.0962. The summed E-state index contributed by atoms with van der Waals surface area (Å²) in [7, 11) is 0. The van der Waals surface area contributed by atoms with Crippen molar-refractivity contribution in [2.24, 2.45) is 5.41 Å². The van der Waals surface area contributed by atoms with Crippen LogP contribution in [0.3, 0.4) is 0 Å². The number of hydrazine groups is 1. The van der Waals surface area contributed by atoms with Crippen LogP contribution in [0.15, 0.2) is 18.2 Å². The average molecular weight is 267 g/mol. The Balaban J connectivity index is 2.07. The van der Waals surface area contributed by atoms with Crippen molar-refractivity contribution in [1.82, 2.24) is 10.4 Å². The van der Waals surface area contributed by atoms with Gasteiger partial charge in [0.15, 0.2) is 0 Å². The van der Waals surface area contributed by atoms with Crippen molar-refractivity contribution in [2.75, 3.05) is 5.43 Å². The summed E-state index contributed by atoms with van der Waals surface area (Å²) in [6.45, 7) is 4.58. The zero-order chi connectivity index (χ0) is 13.9. The van der Waals surface area contributed by atoms with Gasteiger partial charge in [0.05, 0.1) is 16.8 Å². The fraction of sp³-hybridized carbons (Fsp3) is 0.375. The molecular weight excluding hydrogens is 250 g/mol. The fourth-order valence-electron chi connectivity index (χ4n) is 3.34. The van der Waals surface area contributed by atoms with Crippen LogP contribution in [0.4, 0.5) is 5.69 Å². The lowest BCUT2D eigenvalue weighted by atomic mass is 9.75. The Morgan fingerprint density at radius 3 is 2.95 bits per heavy atom. The predicted octanol–water partition coefficient (Wildman–Crippen LogP) is 2.82. The monoisotopic (exact) mass is 267 g/mol. The molecular formula is C16H17N3O. The Hall–Kier alpha value is -2.10. The van der Waals surface area contributed by atoms with E-state index in [0.29, 0.717) is 0 Å². The summed E-state index contributed by atoms with van der Waals surface area (Å²) in [5.74, 6) is -0.0834. The minimum absolute atomic E-state index is 0.0834. The summed E-state index contributed by atoms with van der Waals surface area (Å²) in [5, 5.41) is 0.965. The highest BCUT2D eigenvalue weighted by Gasteiger charge is 2.31. The zero-order valence-electron chi connectivity index (χ0n) is 11.7. The van der Waals surface area contributed by atoms with Crippen LogP contribution in [0.25, 0.3) is 10.9 Å². The molecule has 0 radical (unpaired) electrons. The van der Waals surface area contributed by atoms with E-state index >= 15 is 0 Å². The van der Waals surface area contributed by atoms with Gasteiger partial charge in [0, 0.05) is 11.1 Å². The molecule has 2 aliphatic rings. The maximum absolute atomic E-state index is 12.0. The third kappa shape index (κ3) is 1.54. The van der Waals surface area contributed by atoms with Gasteiger partial charge in [0.1, 0.15) is 0 Å². The first-order valence-corrected chi connectivity index (χ1v) is 7.06. The molecule has 4 nitrogen and oxygen atoms in total. The second-order valence-corrected chi connectivity index (χ2v) is 6.53. The van der Waals surface area contributed by atoms with Gasteiger partial charge in [-0.2, -0.15) is 0 Å². The number of fused-ring (bicyclic) bond motifs is 2. The molecule has 4 rings (SSSR count). The van der Waals surface area contributed by atoms with E-state index in [4.69, 9.17) is 4.98 Å². The van der Waals surface area contributed by atoms with Crippen molar-refractivity contribution in [3.05, 3.63) is 35.0 Å². The molecule has 0 unspecified atom stereocenters. The van der Waals surface area contributed by atoms with Crippen molar-refractivity contribution >= 4 is 22.5 Å². The van der Waals surface area contributed by atoms with Crippen LogP contribution in [0.1, 0.15) is 41.9 Å². The lowest BCUT2D eigenvalue weighted by Gasteiger charge is -2.33. The van der Waals surface area contributed by atoms with Gasteiger partial charge in [0.25, 0.3) is 5.91 Å². The molecule has 1 amide bonds. The van der Waals surface area contributed by atoms with Crippen LogP contribution in [0.5, 0.6) is 0 Å². The minimum atomic E-state index is -0.0834. The quantitative estimate of drug-likeness (QED) is 0.771. The Labute approximate surface area is 117 Å². The topological polar surface area (TPSA) is 54.0 Å². The van der Waals surface area contributed by atoms with Crippen LogP contribution < -0.4 is 10.9 Å². The molecule has 1 aromatic carbocycles. The molecule has 2 heterocycles. The smallest absolute Gasteiger partial charge is 0.270 e. The maximum Gasteiger partial charge on any atom is 0.270 e. The number of amides is 1. The normalized spacial score (nSPS) is 19.2. The number of rotatable bonds is 0. The summed E-state index contributed by atoms with van der Waals surface area (Å²) in [4.78, 5) is 16.8. The molecule has 20 heavy (non-hydrogen) atoms. The van der Waals surface area contributed by atoms with Gasteiger partial charge in [-0.25, -0.2) is 0 Å². The molecule has 1 aromatic heterocycles. The SMILES string of the molecule is CC1(C)CCc2nc3cccc4c3c(c2C1)NNC4=O. The highest BCUT2D eigenvalue weighted by atomic mass is 16.2. The summed E-state index contributed by atoms with van der Waals surface area (Å²) >= 11 is 0. The Morgan fingerprint density at radius 2 is 2.10 bits per heavy atom. The number of aromatic nitrogens is 1. The molecule has 1 aliphatic heterocycles. The van der Waals surface area contributed by atoms with E-state index in [0.717, 1.165) is 41.4 Å².